The van der Waals surface area contributed by atoms with Gasteiger partial charge in [0.2, 0.25) is 0 Å². The average molecular weight is 502 g/mol. The van der Waals surface area contributed by atoms with Crippen molar-refractivity contribution in [2.75, 3.05) is 6.61 Å². The largest absolute Gasteiger partial charge is 0.462 e. The predicted octanol–water partition coefficient (Wildman–Crippen LogP) is 5.02. The van der Waals surface area contributed by atoms with Crippen LogP contribution in [0.15, 0.2) is 21.9 Å². The third kappa shape index (κ3) is 3.98. The molecule has 4 rings (SSSR count). The van der Waals surface area contributed by atoms with Crippen molar-refractivity contribution in [2.24, 2.45) is 38.8 Å². The molecule has 198 valence electrons. The number of rotatable bonds is 5. The molecule has 3 fully saturated rings. The number of esters is 1. The number of aliphatic hydroxyl groups is 1. The van der Waals surface area contributed by atoms with E-state index in [0.717, 1.165) is 38.5 Å². The first-order chi connectivity index (χ1) is 17.0. The zero-order valence-corrected chi connectivity index (χ0v) is 22.0. The molecule has 1 amide bonds. The lowest BCUT2D eigenvalue weighted by Crippen LogP contribution is -2.58. The highest BCUT2D eigenvalue weighted by atomic mass is 16.6. The van der Waals surface area contributed by atoms with Crippen molar-refractivity contribution in [1.82, 2.24) is 5.43 Å². The van der Waals surface area contributed by atoms with Crippen molar-refractivity contribution in [3.8, 4) is 0 Å². The van der Waals surface area contributed by atoms with E-state index in [2.05, 4.69) is 40.5 Å². The summed E-state index contributed by atoms with van der Waals surface area (Å²) in [5, 5.41) is 19.9. The Bertz CT molecular complexity index is 1020. The number of nitrogens with zero attached hydrogens (tertiary/aromatic N) is 4. The zero-order chi connectivity index (χ0) is 26.3. The number of aliphatic hydroxyl groups excluding tert-OH is 1. The van der Waals surface area contributed by atoms with E-state index in [1.807, 2.05) is 0 Å². The highest BCUT2D eigenvalue weighted by Crippen LogP contribution is 2.68. The van der Waals surface area contributed by atoms with E-state index in [9.17, 15) is 20.2 Å². The molecular formula is C26H39N5O5. The summed E-state index contributed by atoms with van der Waals surface area (Å²) in [6.07, 6.45) is 6.42. The van der Waals surface area contributed by atoms with Crippen LogP contribution in [0.5, 0.6) is 0 Å². The van der Waals surface area contributed by atoms with E-state index >= 15 is 0 Å². The lowest BCUT2D eigenvalue weighted by molar-refractivity contribution is -0.148. The second-order valence-electron chi connectivity index (χ2n) is 11.4. The number of amides is 1. The Morgan fingerprint density at radius 2 is 2.00 bits per heavy atom. The molecule has 0 aromatic carbocycles. The number of hydrogen-bond donors (Lipinski definition) is 2. The van der Waals surface area contributed by atoms with Crippen molar-refractivity contribution in [2.45, 2.75) is 97.3 Å². The number of hydrazone groups is 1. The monoisotopic (exact) mass is 501 g/mol. The van der Waals surface area contributed by atoms with Crippen LogP contribution in [-0.4, -0.2) is 47.2 Å². The summed E-state index contributed by atoms with van der Waals surface area (Å²) in [4.78, 5) is 26.5. The molecule has 0 heterocycles. The first-order valence-corrected chi connectivity index (χ1v) is 13.1. The van der Waals surface area contributed by atoms with E-state index in [1.54, 1.807) is 13.8 Å². The van der Waals surface area contributed by atoms with Crippen LogP contribution in [0.2, 0.25) is 0 Å². The van der Waals surface area contributed by atoms with E-state index in [1.165, 1.54) is 12.5 Å². The first kappa shape index (κ1) is 26.5. The molecule has 0 aromatic rings. The van der Waals surface area contributed by atoms with Gasteiger partial charge in [-0.1, -0.05) is 30.6 Å². The number of carbonyl (C=O) groups is 2. The molecule has 0 bridgehead atoms. The van der Waals surface area contributed by atoms with Crippen LogP contribution in [0, 0.1) is 28.6 Å². The van der Waals surface area contributed by atoms with Gasteiger partial charge in [0.05, 0.1) is 18.4 Å². The van der Waals surface area contributed by atoms with Crippen molar-refractivity contribution in [3.63, 3.8) is 0 Å². The molecular weight excluding hydrogens is 462 g/mol. The quantitative estimate of drug-likeness (QED) is 0.103. The van der Waals surface area contributed by atoms with Crippen LogP contribution >= 0.6 is 0 Å². The summed E-state index contributed by atoms with van der Waals surface area (Å²) >= 11 is 0. The van der Waals surface area contributed by atoms with E-state index in [-0.39, 0.29) is 30.0 Å². The summed E-state index contributed by atoms with van der Waals surface area (Å²) in [6, 6.07) is 0. The minimum Gasteiger partial charge on any atom is -0.462 e. The SMILES string of the molecule is CCOC(=O)NN=C(C)C1(N=[N+]=[N-])C(O)CC2C3CC=C4CC(OC(C)=O)CCC4(C)C3CCC21C. The molecule has 0 saturated heterocycles. The molecule has 4 aliphatic carbocycles. The fourth-order valence-electron chi connectivity index (χ4n) is 8.34. The van der Waals surface area contributed by atoms with Crippen molar-refractivity contribution in [3.05, 3.63) is 22.1 Å². The fourth-order valence-corrected chi connectivity index (χ4v) is 8.34. The molecule has 10 nitrogen and oxygen atoms in total. The first-order valence-electron chi connectivity index (χ1n) is 13.1. The second kappa shape index (κ2) is 9.71. The molecule has 8 unspecified atom stereocenters. The molecule has 0 aromatic heterocycles. The van der Waals surface area contributed by atoms with Crippen LogP contribution in [0.1, 0.15) is 79.6 Å². The lowest BCUT2D eigenvalue weighted by atomic mass is 9.46. The average Bonchev–Trinajstić information content (AvgIpc) is 3.05. The van der Waals surface area contributed by atoms with Gasteiger partial charge in [0, 0.05) is 18.3 Å². The zero-order valence-electron chi connectivity index (χ0n) is 22.0. The minimum atomic E-state index is -1.26. The highest BCUT2D eigenvalue weighted by molar-refractivity contribution is 5.94. The Labute approximate surface area is 212 Å². The van der Waals surface area contributed by atoms with Gasteiger partial charge < -0.3 is 14.6 Å². The van der Waals surface area contributed by atoms with Gasteiger partial charge in [0.25, 0.3) is 0 Å². The third-order valence-electron chi connectivity index (χ3n) is 9.96. The van der Waals surface area contributed by atoms with Crippen molar-refractivity contribution in [1.29, 1.82) is 0 Å². The lowest BCUT2D eigenvalue weighted by Gasteiger charge is -2.59. The molecule has 0 radical (unpaired) electrons. The maximum Gasteiger partial charge on any atom is 0.427 e. The van der Waals surface area contributed by atoms with Gasteiger partial charge in [-0.05, 0) is 86.5 Å². The second-order valence-corrected chi connectivity index (χ2v) is 11.4. The summed E-state index contributed by atoms with van der Waals surface area (Å²) in [5.74, 6) is 0.678. The number of ether oxygens (including phenoxy) is 2. The maximum absolute atomic E-state index is 11.9. The molecule has 8 atom stereocenters. The molecule has 0 spiro atoms. The Hall–Kier alpha value is -2.58. The van der Waals surface area contributed by atoms with E-state index in [0.29, 0.717) is 24.0 Å². The topological polar surface area (TPSA) is 146 Å². The number of azide groups is 1. The van der Waals surface area contributed by atoms with Crippen LogP contribution in [0.3, 0.4) is 0 Å². The number of carbonyl (C=O) groups excluding carboxylic acids is 2. The van der Waals surface area contributed by atoms with Gasteiger partial charge in [-0.15, -0.1) is 0 Å². The number of allylic oxidation sites excluding steroid dienone is 1. The van der Waals surface area contributed by atoms with E-state index < -0.39 is 23.2 Å². The maximum atomic E-state index is 11.9. The molecule has 2 N–H and O–H groups in total. The highest BCUT2D eigenvalue weighted by Gasteiger charge is 2.68. The Morgan fingerprint density at radius 1 is 1.25 bits per heavy atom. The van der Waals surface area contributed by atoms with Gasteiger partial charge in [-0.25, -0.2) is 10.2 Å². The van der Waals surface area contributed by atoms with Crippen LogP contribution in [0.25, 0.3) is 10.4 Å². The summed E-state index contributed by atoms with van der Waals surface area (Å²) in [6.45, 7) is 9.56. The summed E-state index contributed by atoms with van der Waals surface area (Å²) in [7, 11) is 0. The molecule has 36 heavy (non-hydrogen) atoms. The normalized spacial score (nSPS) is 41.6. The third-order valence-corrected chi connectivity index (χ3v) is 9.96. The van der Waals surface area contributed by atoms with Gasteiger partial charge in [0.15, 0.2) is 0 Å². The number of hydrogen-bond acceptors (Lipinski definition) is 7. The molecule has 4 aliphatic rings. The van der Waals surface area contributed by atoms with Crippen molar-refractivity contribution < 1.29 is 24.2 Å². The molecule has 10 heteroatoms. The fraction of sp³-hybridized carbons (Fsp3) is 0.808. The van der Waals surface area contributed by atoms with Gasteiger partial charge in [-0.3, -0.25) is 4.79 Å². The molecule has 3 saturated carbocycles. The molecule has 0 aliphatic heterocycles. The van der Waals surface area contributed by atoms with Gasteiger partial charge in [-0.2, -0.15) is 5.10 Å². The standard InChI is InChI=1S/C26H39N5O5/c1-6-35-23(34)29-28-15(2)26(30-31-27)22(33)14-21-19-8-7-17-13-18(36-16(3)32)9-11-24(17,4)20(19)10-12-25(21,26)5/h7,18-22,33H,6,8-14H2,1-5H3,(H,29,34). The van der Waals surface area contributed by atoms with Crippen LogP contribution in [-0.2, 0) is 14.3 Å². The minimum absolute atomic E-state index is 0.0319. The Kier molecular flexibility index (Phi) is 7.14. The van der Waals surface area contributed by atoms with Crippen molar-refractivity contribution >= 4 is 17.8 Å². The summed E-state index contributed by atoms with van der Waals surface area (Å²) < 4.78 is 10.5. The van der Waals surface area contributed by atoms with Crippen LogP contribution in [0.4, 0.5) is 4.79 Å². The number of fused-ring (bicyclic) bond motifs is 5. The predicted molar refractivity (Wildman–Crippen MR) is 134 cm³/mol. The number of nitrogens with one attached hydrogen (secondary N) is 1. The van der Waals surface area contributed by atoms with Crippen LogP contribution < -0.4 is 5.43 Å². The Morgan fingerprint density at radius 3 is 2.67 bits per heavy atom. The van der Waals surface area contributed by atoms with Gasteiger partial charge >= 0.3 is 12.1 Å². The van der Waals surface area contributed by atoms with Gasteiger partial charge in [0.1, 0.15) is 11.6 Å². The summed E-state index contributed by atoms with van der Waals surface area (Å²) in [5.41, 5.74) is 12.0. The van der Waals surface area contributed by atoms with E-state index in [4.69, 9.17) is 9.47 Å². The smallest absolute Gasteiger partial charge is 0.427 e. The Balaban J connectivity index is 1.66.